The van der Waals surface area contributed by atoms with E-state index in [-0.39, 0.29) is 6.29 Å². The minimum absolute atomic E-state index is 0.0585. The highest BCUT2D eigenvalue weighted by Gasteiger charge is 2.05. The Morgan fingerprint density at radius 3 is 2.33 bits per heavy atom. The van der Waals surface area contributed by atoms with E-state index < -0.39 is 0 Å². The molecule has 2 nitrogen and oxygen atoms in total. The van der Waals surface area contributed by atoms with Gasteiger partial charge in [-0.1, -0.05) is 44.8 Å². The van der Waals surface area contributed by atoms with Crippen LogP contribution >= 0.6 is 0 Å². The lowest BCUT2D eigenvalue weighted by molar-refractivity contribution is -0.105. The molecule has 0 saturated heterocycles. The standard InChI is InChI=1S/C16H32O2/c1-6-7-9-14(2)10-8-11-15(3)12-13-16(17-4)18-5/h11,14,16H,6-10,12-13H2,1-5H3. The van der Waals surface area contributed by atoms with Crippen LogP contribution in [0, 0.1) is 5.92 Å². The van der Waals surface area contributed by atoms with Gasteiger partial charge in [-0.05, 0) is 32.1 Å². The Kier molecular flexibility index (Phi) is 11.5. The van der Waals surface area contributed by atoms with Gasteiger partial charge in [0.25, 0.3) is 0 Å². The summed E-state index contributed by atoms with van der Waals surface area (Å²) in [6, 6.07) is 0. The van der Waals surface area contributed by atoms with Crippen molar-refractivity contribution >= 4 is 0 Å². The van der Waals surface area contributed by atoms with Crippen molar-refractivity contribution < 1.29 is 9.47 Å². The van der Waals surface area contributed by atoms with E-state index in [0.29, 0.717) is 0 Å². The summed E-state index contributed by atoms with van der Waals surface area (Å²) < 4.78 is 10.4. The molecule has 0 heterocycles. The molecule has 0 aliphatic carbocycles. The molecule has 0 aromatic rings. The maximum absolute atomic E-state index is 5.19. The number of unbranched alkanes of at least 4 members (excludes halogenated alkanes) is 1. The molecular weight excluding hydrogens is 224 g/mol. The van der Waals surface area contributed by atoms with Crippen molar-refractivity contribution in [1.82, 2.24) is 0 Å². The van der Waals surface area contributed by atoms with E-state index in [1.807, 2.05) is 0 Å². The summed E-state index contributed by atoms with van der Waals surface area (Å²) >= 11 is 0. The minimum Gasteiger partial charge on any atom is -0.356 e. The molecule has 18 heavy (non-hydrogen) atoms. The minimum atomic E-state index is -0.0585. The van der Waals surface area contributed by atoms with Crippen molar-refractivity contribution in [2.75, 3.05) is 14.2 Å². The summed E-state index contributed by atoms with van der Waals surface area (Å²) in [5, 5.41) is 0. The summed E-state index contributed by atoms with van der Waals surface area (Å²) in [5.41, 5.74) is 1.46. The van der Waals surface area contributed by atoms with Crippen molar-refractivity contribution in [1.29, 1.82) is 0 Å². The van der Waals surface area contributed by atoms with Crippen LogP contribution in [0.25, 0.3) is 0 Å². The van der Waals surface area contributed by atoms with Crippen molar-refractivity contribution in [3.63, 3.8) is 0 Å². The summed E-state index contributed by atoms with van der Waals surface area (Å²) in [4.78, 5) is 0. The second-order valence-electron chi connectivity index (χ2n) is 5.31. The van der Waals surface area contributed by atoms with Gasteiger partial charge in [0, 0.05) is 20.6 Å². The first-order valence-electron chi connectivity index (χ1n) is 7.35. The Morgan fingerprint density at radius 2 is 1.78 bits per heavy atom. The Balaban J connectivity index is 3.70. The van der Waals surface area contributed by atoms with Crippen LogP contribution in [-0.2, 0) is 9.47 Å². The van der Waals surface area contributed by atoms with E-state index in [1.165, 1.54) is 37.7 Å². The van der Waals surface area contributed by atoms with Gasteiger partial charge in [-0.25, -0.2) is 0 Å². The topological polar surface area (TPSA) is 18.5 Å². The van der Waals surface area contributed by atoms with E-state index in [1.54, 1.807) is 14.2 Å². The highest BCUT2D eigenvalue weighted by Crippen LogP contribution is 2.16. The molecule has 0 aromatic carbocycles. The van der Waals surface area contributed by atoms with Crippen molar-refractivity contribution in [3.05, 3.63) is 11.6 Å². The van der Waals surface area contributed by atoms with Gasteiger partial charge in [0.2, 0.25) is 0 Å². The monoisotopic (exact) mass is 256 g/mol. The average Bonchev–Trinajstić information content (AvgIpc) is 2.37. The molecule has 1 atom stereocenters. The molecule has 0 N–H and O–H groups in total. The summed E-state index contributed by atoms with van der Waals surface area (Å²) in [6.45, 7) is 6.84. The maximum atomic E-state index is 5.19. The first kappa shape index (κ1) is 17.7. The molecule has 0 aromatic heterocycles. The predicted octanol–water partition coefficient (Wildman–Crippen LogP) is 4.94. The molecule has 2 heteroatoms. The van der Waals surface area contributed by atoms with Gasteiger partial charge < -0.3 is 9.47 Å². The molecule has 1 unspecified atom stereocenters. The molecule has 0 rings (SSSR count). The zero-order chi connectivity index (χ0) is 13.8. The largest absolute Gasteiger partial charge is 0.356 e. The van der Waals surface area contributed by atoms with Crippen LogP contribution < -0.4 is 0 Å². The third-order valence-corrected chi connectivity index (χ3v) is 3.50. The van der Waals surface area contributed by atoms with Crippen LogP contribution in [0.1, 0.15) is 65.7 Å². The van der Waals surface area contributed by atoms with Gasteiger partial charge in [0.05, 0.1) is 0 Å². The van der Waals surface area contributed by atoms with Gasteiger partial charge in [-0.15, -0.1) is 0 Å². The van der Waals surface area contributed by atoms with Crippen LogP contribution in [0.5, 0.6) is 0 Å². The lowest BCUT2D eigenvalue weighted by Crippen LogP contribution is -2.12. The highest BCUT2D eigenvalue weighted by molar-refractivity contribution is 4.97. The first-order valence-corrected chi connectivity index (χ1v) is 7.35. The molecular formula is C16H32O2. The van der Waals surface area contributed by atoms with Crippen LogP contribution in [-0.4, -0.2) is 20.5 Å². The van der Waals surface area contributed by atoms with Crippen molar-refractivity contribution in [2.24, 2.45) is 5.92 Å². The molecule has 0 aliphatic rings. The van der Waals surface area contributed by atoms with E-state index in [9.17, 15) is 0 Å². The predicted molar refractivity (Wildman–Crippen MR) is 78.7 cm³/mol. The number of methoxy groups -OCH3 is 2. The van der Waals surface area contributed by atoms with E-state index in [0.717, 1.165) is 18.8 Å². The number of allylic oxidation sites excluding steroid dienone is 2. The van der Waals surface area contributed by atoms with E-state index in [4.69, 9.17) is 9.47 Å². The van der Waals surface area contributed by atoms with Crippen LogP contribution in [0.4, 0.5) is 0 Å². The third kappa shape index (κ3) is 9.67. The number of rotatable bonds is 11. The third-order valence-electron chi connectivity index (χ3n) is 3.50. The molecule has 0 bridgehead atoms. The number of hydrogen-bond acceptors (Lipinski definition) is 2. The second-order valence-corrected chi connectivity index (χ2v) is 5.31. The molecule has 0 amide bonds. The highest BCUT2D eigenvalue weighted by atomic mass is 16.7. The Morgan fingerprint density at radius 1 is 1.11 bits per heavy atom. The Hall–Kier alpha value is -0.340. The van der Waals surface area contributed by atoms with E-state index >= 15 is 0 Å². The Bertz CT molecular complexity index is 207. The first-order chi connectivity index (χ1) is 8.63. The van der Waals surface area contributed by atoms with Gasteiger partial charge >= 0.3 is 0 Å². The van der Waals surface area contributed by atoms with Crippen molar-refractivity contribution in [2.45, 2.75) is 72.0 Å². The molecule has 0 fully saturated rings. The quantitative estimate of drug-likeness (QED) is 0.385. The average molecular weight is 256 g/mol. The fraction of sp³-hybridized carbons (Fsp3) is 0.875. The van der Waals surface area contributed by atoms with Crippen LogP contribution in [0.3, 0.4) is 0 Å². The number of ether oxygens (including phenoxy) is 2. The molecule has 0 spiro atoms. The van der Waals surface area contributed by atoms with E-state index in [2.05, 4.69) is 26.8 Å². The fourth-order valence-electron chi connectivity index (χ4n) is 2.09. The van der Waals surface area contributed by atoms with Gasteiger partial charge in [0.15, 0.2) is 6.29 Å². The lowest BCUT2D eigenvalue weighted by atomic mass is 9.98. The summed E-state index contributed by atoms with van der Waals surface area (Å²) in [6.07, 6.45) is 10.9. The van der Waals surface area contributed by atoms with Crippen LogP contribution in [0.2, 0.25) is 0 Å². The van der Waals surface area contributed by atoms with Crippen LogP contribution in [0.15, 0.2) is 11.6 Å². The molecule has 0 saturated carbocycles. The summed E-state index contributed by atoms with van der Waals surface area (Å²) in [7, 11) is 3.39. The molecule has 0 aliphatic heterocycles. The SMILES string of the molecule is CCCCC(C)CCC=C(C)CCC(OC)OC. The lowest BCUT2D eigenvalue weighted by Gasteiger charge is -2.13. The smallest absolute Gasteiger partial charge is 0.157 e. The van der Waals surface area contributed by atoms with Gasteiger partial charge in [0.1, 0.15) is 0 Å². The summed E-state index contributed by atoms with van der Waals surface area (Å²) in [5.74, 6) is 0.861. The second kappa shape index (κ2) is 11.7. The maximum Gasteiger partial charge on any atom is 0.157 e. The van der Waals surface area contributed by atoms with Crippen molar-refractivity contribution in [3.8, 4) is 0 Å². The van der Waals surface area contributed by atoms with Gasteiger partial charge in [-0.3, -0.25) is 0 Å². The van der Waals surface area contributed by atoms with Gasteiger partial charge in [-0.2, -0.15) is 0 Å². The normalized spacial score (nSPS) is 14.2. The Labute approximate surface area is 114 Å². The zero-order valence-electron chi connectivity index (χ0n) is 13.0. The fourth-order valence-corrected chi connectivity index (χ4v) is 2.09. The molecule has 0 radical (unpaired) electrons. The number of hydrogen-bond donors (Lipinski definition) is 0. The molecule has 108 valence electrons. The zero-order valence-corrected chi connectivity index (χ0v) is 13.0.